The van der Waals surface area contributed by atoms with Gasteiger partial charge in [0, 0.05) is 6.42 Å². The lowest BCUT2D eigenvalue weighted by Crippen LogP contribution is -2.26. The van der Waals surface area contributed by atoms with Crippen molar-refractivity contribution in [1.29, 1.82) is 0 Å². The van der Waals surface area contributed by atoms with Crippen molar-refractivity contribution in [3.05, 3.63) is 35.6 Å². The van der Waals surface area contributed by atoms with E-state index in [0.29, 0.717) is 5.56 Å². The van der Waals surface area contributed by atoms with Crippen molar-refractivity contribution < 1.29 is 9.18 Å². The van der Waals surface area contributed by atoms with Crippen molar-refractivity contribution in [3.8, 4) is 0 Å². The van der Waals surface area contributed by atoms with E-state index in [9.17, 15) is 9.18 Å². The third-order valence-corrected chi connectivity index (χ3v) is 2.41. The monoisotopic (exact) mass is 258 g/mol. The van der Waals surface area contributed by atoms with Crippen LogP contribution in [0.3, 0.4) is 0 Å². The van der Waals surface area contributed by atoms with E-state index in [4.69, 9.17) is 0 Å². The number of ketones is 1. The van der Waals surface area contributed by atoms with Crippen LogP contribution in [0.15, 0.2) is 24.3 Å². The van der Waals surface area contributed by atoms with Gasteiger partial charge in [-0.15, -0.1) is 0 Å². The highest BCUT2D eigenvalue weighted by molar-refractivity contribution is 9.10. The molecule has 14 heavy (non-hydrogen) atoms. The van der Waals surface area contributed by atoms with Crippen LogP contribution in [0.1, 0.15) is 19.4 Å². The van der Waals surface area contributed by atoms with Crippen LogP contribution in [-0.2, 0) is 11.2 Å². The second kappa shape index (κ2) is 4.22. The molecule has 0 bridgehead atoms. The molecule has 1 aromatic rings. The summed E-state index contributed by atoms with van der Waals surface area (Å²) < 4.78 is 12.6. The largest absolute Gasteiger partial charge is 0.298 e. The van der Waals surface area contributed by atoms with Gasteiger partial charge in [-0.2, -0.15) is 0 Å². The molecule has 0 saturated heterocycles. The van der Waals surface area contributed by atoms with Crippen molar-refractivity contribution in [2.45, 2.75) is 24.6 Å². The first-order chi connectivity index (χ1) is 6.41. The molecule has 0 fully saturated rings. The van der Waals surface area contributed by atoms with Crippen molar-refractivity contribution in [2.24, 2.45) is 0 Å². The maximum atomic E-state index is 13.2. The van der Waals surface area contributed by atoms with Crippen LogP contribution < -0.4 is 0 Å². The molecule has 0 amide bonds. The summed E-state index contributed by atoms with van der Waals surface area (Å²) >= 11 is 3.25. The number of halogens is 2. The molecule has 3 heteroatoms. The summed E-state index contributed by atoms with van der Waals surface area (Å²) in [7, 11) is 0. The molecule has 1 nitrogen and oxygen atoms in total. The molecule has 0 aliphatic carbocycles. The summed E-state index contributed by atoms with van der Waals surface area (Å²) in [5.41, 5.74) is 0.449. The van der Waals surface area contributed by atoms with E-state index in [1.165, 1.54) is 6.07 Å². The Morgan fingerprint density at radius 1 is 1.43 bits per heavy atom. The van der Waals surface area contributed by atoms with Crippen LogP contribution in [0.25, 0.3) is 0 Å². The number of carbonyl (C=O) groups is 1. The fourth-order valence-electron chi connectivity index (χ4n) is 1.02. The minimum absolute atomic E-state index is 0.0254. The highest BCUT2D eigenvalue weighted by Gasteiger charge is 2.24. The summed E-state index contributed by atoms with van der Waals surface area (Å²) in [5, 5.41) is 0. The maximum Gasteiger partial charge on any atom is 0.153 e. The maximum absolute atomic E-state index is 13.2. The molecule has 0 aromatic heterocycles. The Morgan fingerprint density at radius 3 is 2.50 bits per heavy atom. The van der Waals surface area contributed by atoms with Crippen LogP contribution in [-0.4, -0.2) is 10.1 Å². The molecule has 0 spiro atoms. The summed E-state index contributed by atoms with van der Waals surface area (Å²) in [6, 6.07) is 6.34. The molecular weight excluding hydrogens is 247 g/mol. The SMILES string of the molecule is CC(C)(Br)C(=O)Cc1ccccc1F. The summed E-state index contributed by atoms with van der Waals surface area (Å²) in [4.78, 5) is 11.6. The summed E-state index contributed by atoms with van der Waals surface area (Å²) in [6.07, 6.45) is 0.130. The molecule has 0 atom stereocenters. The fourth-order valence-corrected chi connectivity index (χ4v) is 1.17. The van der Waals surface area contributed by atoms with Gasteiger partial charge in [0.05, 0.1) is 4.32 Å². The number of benzene rings is 1. The highest BCUT2D eigenvalue weighted by Crippen LogP contribution is 2.20. The second-order valence-electron chi connectivity index (χ2n) is 3.66. The van der Waals surface area contributed by atoms with E-state index in [1.54, 1.807) is 32.0 Å². The first-order valence-electron chi connectivity index (χ1n) is 4.37. The van der Waals surface area contributed by atoms with Crippen LogP contribution in [0.4, 0.5) is 4.39 Å². The minimum Gasteiger partial charge on any atom is -0.298 e. The van der Waals surface area contributed by atoms with Gasteiger partial charge in [0.1, 0.15) is 5.82 Å². The lowest BCUT2D eigenvalue weighted by molar-refractivity contribution is -0.119. The van der Waals surface area contributed by atoms with Gasteiger partial charge < -0.3 is 0 Å². The van der Waals surface area contributed by atoms with Gasteiger partial charge in [-0.3, -0.25) is 4.79 Å². The number of Topliss-reactive ketones (excluding diaryl/α,β-unsaturated/α-hetero) is 1. The lowest BCUT2D eigenvalue weighted by Gasteiger charge is -2.14. The number of hydrogen-bond donors (Lipinski definition) is 0. The zero-order valence-electron chi connectivity index (χ0n) is 8.18. The van der Waals surface area contributed by atoms with E-state index in [1.807, 2.05) is 0 Å². The first-order valence-corrected chi connectivity index (χ1v) is 5.16. The van der Waals surface area contributed by atoms with E-state index in [0.717, 1.165) is 0 Å². The van der Waals surface area contributed by atoms with Crippen LogP contribution >= 0.6 is 15.9 Å². The van der Waals surface area contributed by atoms with Gasteiger partial charge in [0.2, 0.25) is 0 Å². The topological polar surface area (TPSA) is 17.1 Å². The average Bonchev–Trinajstić information content (AvgIpc) is 2.07. The van der Waals surface area contributed by atoms with Crippen molar-refractivity contribution >= 4 is 21.7 Å². The Kier molecular flexibility index (Phi) is 3.43. The number of rotatable bonds is 3. The fraction of sp³-hybridized carbons (Fsp3) is 0.364. The van der Waals surface area contributed by atoms with Gasteiger partial charge in [-0.05, 0) is 25.5 Å². The Labute approximate surface area is 91.5 Å². The molecule has 1 aromatic carbocycles. The number of alkyl halides is 1. The zero-order valence-corrected chi connectivity index (χ0v) is 9.77. The molecule has 0 heterocycles. The molecule has 0 aliphatic heterocycles. The molecule has 0 radical (unpaired) electrons. The summed E-state index contributed by atoms with van der Waals surface area (Å²) in [5.74, 6) is -0.347. The van der Waals surface area contributed by atoms with E-state index in [-0.39, 0.29) is 18.0 Å². The van der Waals surface area contributed by atoms with Gasteiger partial charge >= 0.3 is 0 Å². The van der Waals surface area contributed by atoms with Gasteiger partial charge in [-0.25, -0.2) is 4.39 Å². The normalized spacial score (nSPS) is 11.4. The summed E-state index contributed by atoms with van der Waals surface area (Å²) in [6.45, 7) is 3.52. The number of hydrogen-bond acceptors (Lipinski definition) is 1. The highest BCUT2D eigenvalue weighted by atomic mass is 79.9. The van der Waals surface area contributed by atoms with Gasteiger partial charge in [0.25, 0.3) is 0 Å². The second-order valence-corrected chi connectivity index (χ2v) is 5.65. The molecule has 0 unspecified atom stereocenters. The molecule has 0 saturated carbocycles. The molecular formula is C11H12BrFO. The Morgan fingerprint density at radius 2 is 2.00 bits per heavy atom. The predicted octanol–water partition coefficient (Wildman–Crippen LogP) is 3.11. The zero-order chi connectivity index (χ0) is 10.8. The Bertz CT molecular complexity index is 341. The van der Waals surface area contributed by atoms with E-state index in [2.05, 4.69) is 15.9 Å². The smallest absolute Gasteiger partial charge is 0.153 e. The van der Waals surface area contributed by atoms with E-state index < -0.39 is 4.32 Å². The predicted molar refractivity (Wildman–Crippen MR) is 58.1 cm³/mol. The Hall–Kier alpha value is -0.700. The van der Waals surface area contributed by atoms with Gasteiger partial charge in [-0.1, -0.05) is 34.1 Å². The standard InChI is InChI=1S/C11H12BrFO/c1-11(2,12)10(14)7-8-5-3-4-6-9(8)13/h3-6H,7H2,1-2H3. The van der Waals surface area contributed by atoms with Crippen LogP contribution in [0.2, 0.25) is 0 Å². The lowest BCUT2D eigenvalue weighted by atomic mass is 10.0. The van der Waals surface area contributed by atoms with Crippen LogP contribution in [0, 0.1) is 5.82 Å². The molecule has 0 N–H and O–H groups in total. The average molecular weight is 259 g/mol. The third-order valence-electron chi connectivity index (χ3n) is 1.97. The Balaban J connectivity index is 2.80. The molecule has 1 rings (SSSR count). The van der Waals surface area contributed by atoms with E-state index >= 15 is 0 Å². The number of carbonyl (C=O) groups excluding carboxylic acids is 1. The minimum atomic E-state index is -0.588. The van der Waals surface area contributed by atoms with Crippen molar-refractivity contribution in [3.63, 3.8) is 0 Å². The first kappa shape index (κ1) is 11.4. The molecule has 76 valence electrons. The van der Waals surface area contributed by atoms with Crippen LogP contribution in [0.5, 0.6) is 0 Å². The van der Waals surface area contributed by atoms with Gasteiger partial charge in [0.15, 0.2) is 5.78 Å². The third kappa shape index (κ3) is 2.91. The quantitative estimate of drug-likeness (QED) is 0.762. The van der Waals surface area contributed by atoms with Crippen molar-refractivity contribution in [1.82, 2.24) is 0 Å². The van der Waals surface area contributed by atoms with Crippen molar-refractivity contribution in [2.75, 3.05) is 0 Å². The molecule has 0 aliphatic rings.